The van der Waals surface area contributed by atoms with E-state index in [9.17, 15) is 9.59 Å². The molecule has 107 valence electrons. The van der Waals surface area contributed by atoms with Gasteiger partial charge in [-0.2, -0.15) is 4.99 Å². The van der Waals surface area contributed by atoms with Gasteiger partial charge in [0.05, 0.1) is 11.0 Å². The number of hydrogen-bond acceptors (Lipinski definition) is 6. The van der Waals surface area contributed by atoms with E-state index < -0.39 is 5.97 Å². The quantitative estimate of drug-likeness (QED) is 0.604. The van der Waals surface area contributed by atoms with Crippen molar-refractivity contribution in [3.63, 3.8) is 0 Å². The van der Waals surface area contributed by atoms with Gasteiger partial charge in [-0.25, -0.2) is 4.79 Å². The summed E-state index contributed by atoms with van der Waals surface area (Å²) in [6.07, 6.45) is 3.75. The lowest BCUT2D eigenvalue weighted by atomic mass is 10.2. The van der Waals surface area contributed by atoms with E-state index in [1.807, 2.05) is 18.0 Å². The predicted octanol–water partition coefficient (Wildman–Crippen LogP) is 0.894. The average molecular weight is 321 g/mol. The number of rotatable bonds is 2. The van der Waals surface area contributed by atoms with Gasteiger partial charge in [0.1, 0.15) is 11.4 Å². The van der Waals surface area contributed by atoms with Crippen molar-refractivity contribution in [3.8, 4) is 0 Å². The van der Waals surface area contributed by atoms with Crippen molar-refractivity contribution in [1.29, 1.82) is 0 Å². The molecule has 8 heteroatoms. The van der Waals surface area contributed by atoms with Gasteiger partial charge in [0.2, 0.25) is 0 Å². The number of carbonyl (C=O) groups is 2. The first kappa shape index (κ1) is 13.2. The van der Waals surface area contributed by atoms with Crippen molar-refractivity contribution in [3.05, 3.63) is 34.7 Å². The van der Waals surface area contributed by atoms with Crippen LogP contribution in [0.1, 0.15) is 0 Å². The summed E-state index contributed by atoms with van der Waals surface area (Å²) < 4.78 is 0. The Labute approximate surface area is 129 Å². The Morgan fingerprint density at radius 2 is 2.43 bits per heavy atom. The third kappa shape index (κ3) is 2.05. The molecular formula is C13H11N3O3S2+. The molecular weight excluding hydrogens is 310 g/mol. The Morgan fingerprint density at radius 1 is 1.57 bits per heavy atom. The molecule has 6 nitrogen and oxygen atoms in total. The number of aliphatic carboxylic acids is 1. The standard InChI is InChI=1S/C13H11N3O3S2/c17-12-8(1-7-2-15-6-20-5-11(15)14-7)10-3-16(12)9(4-21-10)13(18)19/h1-2,4,10H,3,5-6H2,(H,18,19)/q+1/t10-/m0/s1. The van der Waals surface area contributed by atoms with E-state index in [0.29, 0.717) is 12.1 Å². The van der Waals surface area contributed by atoms with Crippen LogP contribution in [0.3, 0.4) is 0 Å². The Morgan fingerprint density at radius 3 is 3.19 bits per heavy atom. The molecule has 4 aliphatic rings. The highest BCUT2D eigenvalue weighted by Crippen LogP contribution is 2.38. The number of amidine groups is 1. The number of nitrogens with zero attached hydrogens (tertiary/aromatic N) is 3. The van der Waals surface area contributed by atoms with Crippen LogP contribution in [0.5, 0.6) is 0 Å². The van der Waals surface area contributed by atoms with Gasteiger partial charge in [0, 0.05) is 17.5 Å². The first-order valence-electron chi connectivity index (χ1n) is 6.39. The first-order valence-corrected chi connectivity index (χ1v) is 8.49. The van der Waals surface area contributed by atoms with Crippen LogP contribution in [-0.4, -0.2) is 51.1 Å². The maximum atomic E-state index is 12.4. The summed E-state index contributed by atoms with van der Waals surface area (Å²) in [5.41, 5.74) is 1.48. The minimum atomic E-state index is -1.06. The molecule has 4 rings (SSSR count). The third-order valence-corrected chi connectivity index (χ3v) is 5.70. The van der Waals surface area contributed by atoms with Gasteiger partial charge in [-0.1, -0.05) is 16.7 Å². The number of hydrogen-bond donors (Lipinski definition) is 1. The number of thioether (sulfide) groups is 2. The van der Waals surface area contributed by atoms with E-state index in [1.54, 1.807) is 11.5 Å². The summed E-state index contributed by atoms with van der Waals surface area (Å²) in [6, 6.07) is 0. The van der Waals surface area contributed by atoms with Crippen LogP contribution in [0, 0.1) is 0 Å². The molecule has 4 aliphatic heterocycles. The first-order chi connectivity index (χ1) is 10.1. The minimum absolute atomic E-state index is 0.00786. The van der Waals surface area contributed by atoms with Crippen LogP contribution >= 0.6 is 23.5 Å². The zero-order chi connectivity index (χ0) is 14.6. The molecule has 0 aromatic carbocycles. The molecule has 0 unspecified atom stereocenters. The van der Waals surface area contributed by atoms with Crippen LogP contribution < -0.4 is 4.90 Å². The lowest BCUT2D eigenvalue weighted by Gasteiger charge is -2.19. The highest BCUT2D eigenvalue weighted by atomic mass is 32.2. The highest BCUT2D eigenvalue weighted by molar-refractivity contribution is 8.03. The number of carboxylic acids is 1. The number of carboxylic acid groups (broad SMARTS) is 1. The van der Waals surface area contributed by atoms with Crippen LogP contribution in [0.15, 0.2) is 39.6 Å². The van der Waals surface area contributed by atoms with E-state index in [-0.39, 0.29) is 16.9 Å². The SMILES string of the molecule is O=C(O)C1=CS[C@H]2CN1C(=O)C2=CC1=C[N+]2CSCC2=N1. The summed E-state index contributed by atoms with van der Waals surface area (Å²) >= 11 is 3.20. The number of fused-ring (bicyclic) bond motifs is 3. The molecule has 21 heavy (non-hydrogen) atoms. The van der Waals surface area contributed by atoms with E-state index >= 15 is 0 Å². The molecule has 2 bridgehead atoms. The summed E-state index contributed by atoms with van der Waals surface area (Å²) in [5.74, 6) is 1.54. The summed E-state index contributed by atoms with van der Waals surface area (Å²) in [4.78, 5) is 31.4. The molecule has 2 fully saturated rings. The van der Waals surface area contributed by atoms with Gasteiger partial charge >= 0.3 is 5.97 Å². The maximum Gasteiger partial charge on any atom is 0.353 e. The second kappa shape index (κ2) is 4.75. The third-order valence-electron chi connectivity index (χ3n) is 3.68. The number of allylic oxidation sites excluding steroid dienone is 1. The fourth-order valence-corrected chi connectivity index (χ4v) is 4.66. The molecule has 0 aliphatic carbocycles. The Kier molecular flexibility index (Phi) is 2.98. The molecule has 0 spiro atoms. The minimum Gasteiger partial charge on any atom is -0.477 e. The van der Waals surface area contributed by atoms with Gasteiger partial charge in [-0.3, -0.25) is 4.79 Å². The zero-order valence-electron chi connectivity index (χ0n) is 10.9. The van der Waals surface area contributed by atoms with E-state index in [2.05, 4.69) is 9.89 Å². The largest absolute Gasteiger partial charge is 0.477 e. The zero-order valence-corrected chi connectivity index (χ0v) is 12.5. The second-order valence-electron chi connectivity index (χ2n) is 4.98. The molecule has 0 saturated carbocycles. The van der Waals surface area contributed by atoms with Crippen molar-refractivity contribution >= 4 is 41.2 Å². The van der Waals surface area contributed by atoms with Gasteiger partial charge in [-0.15, -0.1) is 11.8 Å². The van der Waals surface area contributed by atoms with E-state index in [4.69, 9.17) is 5.11 Å². The molecule has 0 aromatic rings. The smallest absolute Gasteiger partial charge is 0.353 e. The number of amides is 1. The molecule has 0 aromatic heterocycles. The van der Waals surface area contributed by atoms with Crippen molar-refractivity contribution in [2.24, 2.45) is 4.99 Å². The van der Waals surface area contributed by atoms with Gasteiger partial charge < -0.3 is 10.0 Å². The topological polar surface area (TPSA) is 75.9 Å². The fourth-order valence-electron chi connectivity index (χ4n) is 2.66. The lowest BCUT2D eigenvalue weighted by Crippen LogP contribution is -2.30. The van der Waals surface area contributed by atoms with Gasteiger partial charge in [0.25, 0.3) is 11.7 Å². The Balaban J connectivity index is 1.63. The summed E-state index contributed by atoms with van der Waals surface area (Å²) in [7, 11) is 0. The molecule has 1 amide bonds. The van der Waals surface area contributed by atoms with Crippen LogP contribution in [-0.2, 0) is 9.59 Å². The van der Waals surface area contributed by atoms with Crippen molar-refractivity contribution in [1.82, 2.24) is 9.80 Å². The highest BCUT2D eigenvalue weighted by Gasteiger charge is 2.43. The average Bonchev–Trinajstić information content (AvgIpc) is 3.09. The summed E-state index contributed by atoms with van der Waals surface area (Å²) in [6.45, 7) is 0.427. The normalized spacial score (nSPS) is 29.6. The molecule has 1 N–H and O–H groups in total. The Hall–Kier alpha value is -1.51. The van der Waals surface area contributed by atoms with Crippen LogP contribution in [0.2, 0.25) is 0 Å². The van der Waals surface area contributed by atoms with Gasteiger partial charge in [-0.05, 0) is 6.08 Å². The van der Waals surface area contributed by atoms with E-state index in [0.717, 1.165) is 23.2 Å². The van der Waals surface area contributed by atoms with Crippen molar-refractivity contribution in [2.75, 3.05) is 18.2 Å². The van der Waals surface area contributed by atoms with Crippen LogP contribution in [0.25, 0.3) is 0 Å². The van der Waals surface area contributed by atoms with E-state index in [1.165, 1.54) is 16.7 Å². The van der Waals surface area contributed by atoms with Gasteiger partial charge in [0.15, 0.2) is 12.1 Å². The molecule has 4 heterocycles. The Bertz CT molecular complexity index is 680. The number of carbonyl (C=O) groups excluding carboxylic acids is 1. The lowest BCUT2D eigenvalue weighted by molar-refractivity contribution is -0.137. The molecule has 2 saturated heterocycles. The maximum absolute atomic E-state index is 12.4. The monoisotopic (exact) mass is 321 g/mol. The molecule has 1 atom stereocenters. The van der Waals surface area contributed by atoms with Crippen molar-refractivity contribution in [2.45, 2.75) is 5.25 Å². The molecule has 1 radical (unpaired) electrons. The summed E-state index contributed by atoms with van der Waals surface area (Å²) in [5, 5.41) is 10.7. The predicted molar refractivity (Wildman–Crippen MR) is 81.9 cm³/mol. The fraction of sp³-hybridized carbons (Fsp3) is 0.308. The van der Waals surface area contributed by atoms with Crippen molar-refractivity contribution < 1.29 is 14.7 Å². The second-order valence-corrected chi connectivity index (χ2v) is 7.01. The number of aliphatic imine (C=N–C) groups is 1. The van der Waals surface area contributed by atoms with Crippen LogP contribution in [0.4, 0.5) is 0 Å².